The highest BCUT2D eigenvalue weighted by molar-refractivity contribution is 7.16. The van der Waals surface area contributed by atoms with E-state index >= 15 is 0 Å². The Kier molecular flexibility index (Phi) is 4.77. The number of hydrogen-bond donors (Lipinski definition) is 1. The van der Waals surface area contributed by atoms with Gasteiger partial charge in [-0.2, -0.15) is 0 Å². The molecule has 84 valence electrons. The summed E-state index contributed by atoms with van der Waals surface area (Å²) in [7, 11) is 0. The van der Waals surface area contributed by atoms with E-state index in [4.69, 9.17) is 17.3 Å². The molecule has 1 aromatic heterocycles. The van der Waals surface area contributed by atoms with Crippen LogP contribution in [0.25, 0.3) is 0 Å². The average molecular weight is 246 g/mol. The smallest absolute Gasteiger partial charge is 0.154 e. The number of carbonyl (C=O) groups is 1. The number of hydrogen-bond acceptors (Lipinski definition) is 3. The van der Waals surface area contributed by atoms with E-state index in [0.717, 1.165) is 15.6 Å². The molecule has 0 radical (unpaired) electrons. The van der Waals surface area contributed by atoms with Crippen molar-refractivity contribution in [3.8, 4) is 0 Å². The highest BCUT2D eigenvalue weighted by Crippen LogP contribution is 2.22. The van der Waals surface area contributed by atoms with Crippen molar-refractivity contribution in [2.75, 3.05) is 0 Å². The highest BCUT2D eigenvalue weighted by atomic mass is 35.5. The number of carbonyl (C=O) groups excluding carboxylic acids is 1. The lowest BCUT2D eigenvalue weighted by Crippen LogP contribution is -2.37. The van der Waals surface area contributed by atoms with Crippen LogP contribution in [0.1, 0.15) is 25.1 Å². The van der Waals surface area contributed by atoms with E-state index in [1.807, 2.05) is 26.0 Å². The third-order valence-corrected chi connectivity index (χ3v) is 3.84. The topological polar surface area (TPSA) is 43.1 Å². The van der Waals surface area contributed by atoms with Crippen molar-refractivity contribution in [3.05, 3.63) is 21.3 Å². The molecule has 0 saturated heterocycles. The zero-order valence-electron chi connectivity index (χ0n) is 9.00. The zero-order valence-corrected chi connectivity index (χ0v) is 10.6. The van der Waals surface area contributed by atoms with E-state index in [-0.39, 0.29) is 17.7 Å². The maximum Gasteiger partial charge on any atom is 0.154 e. The lowest BCUT2D eigenvalue weighted by molar-refractivity contribution is -0.120. The van der Waals surface area contributed by atoms with Crippen molar-refractivity contribution in [1.82, 2.24) is 0 Å². The number of thiophene rings is 1. The molecule has 0 spiro atoms. The van der Waals surface area contributed by atoms with Gasteiger partial charge in [0.2, 0.25) is 0 Å². The second kappa shape index (κ2) is 5.64. The standard InChI is InChI=1S/C11H16ClNOS/c1-3-7(2)11(13)9(14)6-8-4-5-10(12)15-8/h4-5,7,11H,3,6,13H2,1-2H3. The third-order valence-electron chi connectivity index (χ3n) is 2.61. The first-order chi connectivity index (χ1) is 7.04. The van der Waals surface area contributed by atoms with Gasteiger partial charge < -0.3 is 5.73 Å². The van der Waals surface area contributed by atoms with Crippen LogP contribution in [-0.4, -0.2) is 11.8 Å². The molecule has 1 aromatic rings. The molecule has 0 aliphatic carbocycles. The Morgan fingerprint density at radius 1 is 1.60 bits per heavy atom. The Morgan fingerprint density at radius 2 is 2.27 bits per heavy atom. The molecule has 1 rings (SSSR count). The average Bonchev–Trinajstić information content (AvgIpc) is 2.61. The molecule has 0 bridgehead atoms. The summed E-state index contributed by atoms with van der Waals surface area (Å²) in [6, 6.07) is 3.34. The SMILES string of the molecule is CCC(C)C(N)C(=O)Cc1ccc(Cl)s1. The molecule has 0 aliphatic rings. The van der Waals surface area contributed by atoms with Crippen LogP contribution in [0, 0.1) is 5.92 Å². The van der Waals surface area contributed by atoms with Gasteiger partial charge in [0.1, 0.15) is 0 Å². The van der Waals surface area contributed by atoms with Crippen LogP contribution in [0.4, 0.5) is 0 Å². The fraction of sp³-hybridized carbons (Fsp3) is 0.545. The molecule has 0 aliphatic heterocycles. The van der Waals surface area contributed by atoms with E-state index in [9.17, 15) is 4.79 Å². The number of rotatable bonds is 5. The van der Waals surface area contributed by atoms with Crippen LogP contribution >= 0.6 is 22.9 Å². The third kappa shape index (κ3) is 3.59. The Bertz CT molecular complexity index is 337. The van der Waals surface area contributed by atoms with Crippen LogP contribution in [-0.2, 0) is 11.2 Å². The van der Waals surface area contributed by atoms with Gasteiger partial charge in [-0.1, -0.05) is 31.9 Å². The predicted octanol–water partition coefficient (Wildman–Crippen LogP) is 2.89. The summed E-state index contributed by atoms with van der Waals surface area (Å²) in [4.78, 5) is 12.8. The molecule has 2 unspecified atom stereocenters. The van der Waals surface area contributed by atoms with E-state index in [2.05, 4.69) is 0 Å². The summed E-state index contributed by atoms with van der Waals surface area (Å²) in [6.07, 6.45) is 1.33. The summed E-state index contributed by atoms with van der Waals surface area (Å²) >= 11 is 7.23. The Morgan fingerprint density at radius 3 is 2.73 bits per heavy atom. The second-order valence-corrected chi connectivity index (χ2v) is 5.56. The Balaban J connectivity index is 2.55. The van der Waals surface area contributed by atoms with Crippen LogP contribution in [0.3, 0.4) is 0 Å². The number of ketones is 1. The lowest BCUT2D eigenvalue weighted by Gasteiger charge is -2.16. The molecular formula is C11H16ClNOS. The quantitative estimate of drug-likeness (QED) is 0.867. The molecule has 2 N–H and O–H groups in total. The monoisotopic (exact) mass is 245 g/mol. The Labute approximate surface area is 99.4 Å². The van der Waals surface area contributed by atoms with Crippen molar-refractivity contribution in [2.45, 2.75) is 32.7 Å². The van der Waals surface area contributed by atoms with Gasteiger partial charge in [0.15, 0.2) is 5.78 Å². The molecule has 1 heterocycles. The molecule has 4 heteroatoms. The van der Waals surface area contributed by atoms with Gasteiger partial charge in [0.05, 0.1) is 10.4 Å². The molecule has 0 saturated carbocycles. The molecular weight excluding hydrogens is 230 g/mol. The molecule has 0 amide bonds. The predicted molar refractivity (Wildman–Crippen MR) is 65.5 cm³/mol. The summed E-state index contributed by atoms with van der Waals surface area (Å²) in [6.45, 7) is 4.05. The van der Waals surface area contributed by atoms with Gasteiger partial charge in [-0.25, -0.2) is 0 Å². The normalized spacial score (nSPS) is 14.9. The maximum absolute atomic E-state index is 11.8. The van der Waals surface area contributed by atoms with Gasteiger partial charge in [0, 0.05) is 11.3 Å². The largest absolute Gasteiger partial charge is 0.321 e. The van der Waals surface area contributed by atoms with E-state index in [0.29, 0.717) is 6.42 Å². The van der Waals surface area contributed by atoms with Gasteiger partial charge in [-0.15, -0.1) is 11.3 Å². The van der Waals surface area contributed by atoms with Crippen molar-refractivity contribution in [3.63, 3.8) is 0 Å². The molecule has 2 atom stereocenters. The summed E-state index contributed by atoms with van der Waals surface area (Å²) in [5.74, 6) is 0.343. The molecule has 2 nitrogen and oxygen atoms in total. The number of halogens is 1. The van der Waals surface area contributed by atoms with Gasteiger partial charge in [0.25, 0.3) is 0 Å². The van der Waals surface area contributed by atoms with Crippen molar-refractivity contribution < 1.29 is 4.79 Å². The fourth-order valence-corrected chi connectivity index (χ4v) is 2.40. The Hall–Kier alpha value is -0.380. The number of nitrogens with two attached hydrogens (primary N) is 1. The van der Waals surface area contributed by atoms with Crippen molar-refractivity contribution in [2.24, 2.45) is 11.7 Å². The van der Waals surface area contributed by atoms with Crippen LogP contribution in [0.15, 0.2) is 12.1 Å². The van der Waals surface area contributed by atoms with Gasteiger partial charge in [-0.05, 0) is 18.1 Å². The summed E-state index contributed by atoms with van der Waals surface area (Å²) in [5.41, 5.74) is 5.85. The van der Waals surface area contributed by atoms with Crippen LogP contribution in [0.2, 0.25) is 4.34 Å². The molecule has 15 heavy (non-hydrogen) atoms. The first-order valence-electron chi connectivity index (χ1n) is 5.07. The minimum atomic E-state index is -0.351. The maximum atomic E-state index is 11.8. The minimum absolute atomic E-state index is 0.0999. The first kappa shape index (κ1) is 12.7. The van der Waals surface area contributed by atoms with E-state index in [1.54, 1.807) is 0 Å². The van der Waals surface area contributed by atoms with Gasteiger partial charge in [-0.3, -0.25) is 4.79 Å². The van der Waals surface area contributed by atoms with Gasteiger partial charge >= 0.3 is 0 Å². The van der Waals surface area contributed by atoms with Crippen LogP contribution < -0.4 is 5.73 Å². The highest BCUT2D eigenvalue weighted by Gasteiger charge is 2.19. The lowest BCUT2D eigenvalue weighted by atomic mass is 9.95. The minimum Gasteiger partial charge on any atom is -0.321 e. The summed E-state index contributed by atoms with van der Waals surface area (Å²) in [5, 5.41) is 0. The molecule has 0 aromatic carbocycles. The van der Waals surface area contributed by atoms with E-state index in [1.165, 1.54) is 11.3 Å². The fourth-order valence-electron chi connectivity index (χ4n) is 1.31. The van der Waals surface area contributed by atoms with E-state index < -0.39 is 0 Å². The number of Topliss-reactive ketones (excluding diaryl/α,β-unsaturated/α-hetero) is 1. The summed E-state index contributed by atoms with van der Waals surface area (Å²) < 4.78 is 0.718. The zero-order chi connectivity index (χ0) is 11.4. The van der Waals surface area contributed by atoms with Crippen molar-refractivity contribution >= 4 is 28.7 Å². The first-order valence-corrected chi connectivity index (χ1v) is 6.26. The van der Waals surface area contributed by atoms with Crippen molar-refractivity contribution in [1.29, 1.82) is 0 Å². The van der Waals surface area contributed by atoms with Crippen LogP contribution in [0.5, 0.6) is 0 Å². The second-order valence-electron chi connectivity index (χ2n) is 3.76. The molecule has 0 fully saturated rings.